The molecule has 0 amide bonds. The minimum atomic E-state index is 0.240. The topological polar surface area (TPSA) is 24.4 Å². The van der Waals surface area contributed by atoms with E-state index in [2.05, 4.69) is 24.2 Å². The van der Waals surface area contributed by atoms with Crippen molar-refractivity contribution in [2.45, 2.75) is 13.8 Å². The molecule has 1 aliphatic rings. The fourth-order valence-electron chi connectivity index (χ4n) is 1.48. The molecule has 0 fully saturated rings. The van der Waals surface area contributed by atoms with Gasteiger partial charge in [0.05, 0.1) is 15.7 Å². The van der Waals surface area contributed by atoms with Crippen molar-refractivity contribution < 1.29 is 0 Å². The summed E-state index contributed by atoms with van der Waals surface area (Å²) in [6.07, 6.45) is 0. The highest BCUT2D eigenvalue weighted by molar-refractivity contribution is 8.14. The zero-order valence-corrected chi connectivity index (χ0v) is 13.1. The van der Waals surface area contributed by atoms with Gasteiger partial charge in [-0.2, -0.15) is 0 Å². The lowest BCUT2D eigenvalue weighted by atomic mass is 9.97. The summed E-state index contributed by atoms with van der Waals surface area (Å²) in [5.41, 5.74) is 0.900. The second-order valence-corrected chi connectivity index (χ2v) is 7.16. The number of amidine groups is 1. The third-order valence-corrected chi connectivity index (χ3v) is 4.73. The maximum Gasteiger partial charge on any atom is 0.161 e. The van der Waals surface area contributed by atoms with Crippen molar-refractivity contribution >= 4 is 57.4 Å². The Balaban J connectivity index is 2.18. The highest BCUT2D eigenvalue weighted by Gasteiger charge is 2.24. The minimum absolute atomic E-state index is 0.240. The van der Waals surface area contributed by atoms with Gasteiger partial charge in [-0.3, -0.25) is 4.99 Å². The molecule has 18 heavy (non-hydrogen) atoms. The summed E-state index contributed by atoms with van der Waals surface area (Å²) in [5.74, 6) is 1.02. The van der Waals surface area contributed by atoms with Gasteiger partial charge in [0, 0.05) is 17.3 Å². The SMILES string of the molecule is CC1(C)CN=C(Nc2c(Cl)cc(Cl)cc2Cl)SC1. The summed E-state index contributed by atoms with van der Waals surface area (Å²) >= 11 is 19.8. The molecule has 2 rings (SSSR count). The fourth-order valence-corrected chi connectivity index (χ4v) is 3.35. The Morgan fingerprint density at radius 3 is 2.33 bits per heavy atom. The summed E-state index contributed by atoms with van der Waals surface area (Å²) in [5, 5.41) is 5.54. The number of nitrogens with one attached hydrogen (secondary N) is 1. The van der Waals surface area contributed by atoms with Crippen LogP contribution in [0.5, 0.6) is 0 Å². The molecular weight excluding hydrogens is 311 g/mol. The average molecular weight is 324 g/mol. The number of thioether (sulfide) groups is 1. The summed E-state index contributed by atoms with van der Waals surface area (Å²) in [7, 11) is 0. The zero-order chi connectivity index (χ0) is 13.3. The molecule has 0 radical (unpaired) electrons. The molecule has 98 valence electrons. The van der Waals surface area contributed by atoms with E-state index in [1.165, 1.54) is 0 Å². The van der Waals surface area contributed by atoms with Gasteiger partial charge in [-0.15, -0.1) is 0 Å². The van der Waals surface area contributed by atoms with E-state index >= 15 is 0 Å². The molecule has 0 saturated carbocycles. The monoisotopic (exact) mass is 322 g/mol. The number of hydrogen-bond acceptors (Lipinski definition) is 3. The van der Waals surface area contributed by atoms with Crippen LogP contribution in [0, 0.1) is 5.41 Å². The first-order valence-corrected chi connectivity index (χ1v) is 7.58. The molecule has 0 aliphatic carbocycles. The Morgan fingerprint density at radius 2 is 1.83 bits per heavy atom. The van der Waals surface area contributed by atoms with E-state index in [1.807, 2.05) is 0 Å². The van der Waals surface area contributed by atoms with Gasteiger partial charge in [-0.1, -0.05) is 60.4 Å². The van der Waals surface area contributed by atoms with E-state index < -0.39 is 0 Å². The highest BCUT2D eigenvalue weighted by Crippen LogP contribution is 2.35. The van der Waals surface area contributed by atoms with Crippen molar-refractivity contribution in [3.8, 4) is 0 Å². The summed E-state index contributed by atoms with van der Waals surface area (Å²) in [4.78, 5) is 4.50. The van der Waals surface area contributed by atoms with Gasteiger partial charge in [-0.05, 0) is 17.5 Å². The van der Waals surface area contributed by atoms with E-state index in [4.69, 9.17) is 34.8 Å². The van der Waals surface area contributed by atoms with Crippen molar-refractivity contribution in [1.82, 2.24) is 0 Å². The van der Waals surface area contributed by atoms with Crippen molar-refractivity contribution in [3.63, 3.8) is 0 Å². The summed E-state index contributed by atoms with van der Waals surface area (Å²) in [6, 6.07) is 3.32. The fraction of sp³-hybridized carbons (Fsp3) is 0.417. The second kappa shape index (κ2) is 5.49. The lowest BCUT2D eigenvalue weighted by Gasteiger charge is -2.27. The normalized spacial score (nSPS) is 18.4. The van der Waals surface area contributed by atoms with Crippen molar-refractivity contribution in [1.29, 1.82) is 0 Å². The third kappa shape index (κ3) is 3.47. The van der Waals surface area contributed by atoms with Gasteiger partial charge in [0.15, 0.2) is 5.17 Å². The molecule has 0 aromatic heterocycles. The quantitative estimate of drug-likeness (QED) is 0.769. The number of rotatable bonds is 1. The standard InChI is InChI=1S/C12H13Cl3N2S/c1-12(2)5-16-11(18-6-12)17-10-8(14)3-7(13)4-9(10)15/h3-4H,5-6H2,1-2H3,(H,16,17). The van der Waals surface area contributed by atoms with E-state index in [9.17, 15) is 0 Å². The molecule has 0 bridgehead atoms. The smallest absolute Gasteiger partial charge is 0.161 e. The Hall–Kier alpha value is -0.0900. The second-order valence-electron chi connectivity index (χ2n) is 4.94. The van der Waals surface area contributed by atoms with E-state index in [1.54, 1.807) is 23.9 Å². The first-order valence-electron chi connectivity index (χ1n) is 5.46. The van der Waals surface area contributed by atoms with Crippen LogP contribution < -0.4 is 5.32 Å². The van der Waals surface area contributed by atoms with Gasteiger partial charge >= 0.3 is 0 Å². The molecule has 0 atom stereocenters. The number of nitrogens with zero attached hydrogens (tertiary/aromatic N) is 1. The average Bonchev–Trinajstić information content (AvgIpc) is 2.25. The van der Waals surface area contributed by atoms with E-state index in [0.29, 0.717) is 20.8 Å². The predicted octanol–water partition coefficient (Wildman–Crippen LogP) is 5.19. The Morgan fingerprint density at radius 1 is 1.22 bits per heavy atom. The van der Waals surface area contributed by atoms with Gasteiger partial charge in [0.1, 0.15) is 0 Å². The molecular formula is C12H13Cl3N2S. The summed E-state index contributed by atoms with van der Waals surface area (Å²) < 4.78 is 0. The van der Waals surface area contributed by atoms with Gasteiger partial charge in [0.25, 0.3) is 0 Å². The zero-order valence-electron chi connectivity index (χ0n) is 10.1. The number of anilines is 1. The Labute approximate surface area is 126 Å². The first-order chi connectivity index (χ1) is 8.37. The molecule has 0 unspecified atom stereocenters. The number of aliphatic imine (C=N–C) groups is 1. The van der Waals surface area contributed by atoms with Crippen LogP contribution in [0.4, 0.5) is 5.69 Å². The molecule has 2 nitrogen and oxygen atoms in total. The number of halogens is 3. The van der Waals surface area contributed by atoms with E-state index in [-0.39, 0.29) is 5.41 Å². The molecule has 1 aliphatic heterocycles. The minimum Gasteiger partial charge on any atom is -0.333 e. The predicted molar refractivity (Wildman–Crippen MR) is 83.6 cm³/mol. The van der Waals surface area contributed by atoms with Crippen molar-refractivity contribution in [2.75, 3.05) is 17.6 Å². The van der Waals surface area contributed by atoms with Gasteiger partial charge in [0.2, 0.25) is 0 Å². The maximum atomic E-state index is 6.11. The summed E-state index contributed by atoms with van der Waals surface area (Å²) in [6.45, 7) is 5.19. The molecule has 1 N–H and O–H groups in total. The highest BCUT2D eigenvalue weighted by atomic mass is 35.5. The lowest BCUT2D eigenvalue weighted by molar-refractivity contribution is 0.438. The van der Waals surface area contributed by atoms with Crippen LogP contribution in [0.3, 0.4) is 0 Å². The Kier molecular flexibility index (Phi) is 4.37. The van der Waals surface area contributed by atoms with Crippen LogP contribution in [0.15, 0.2) is 17.1 Å². The molecule has 1 aromatic carbocycles. The first kappa shape index (κ1) is 14.3. The number of benzene rings is 1. The Bertz CT molecular complexity index is 477. The maximum absolute atomic E-state index is 6.11. The lowest BCUT2D eigenvalue weighted by Crippen LogP contribution is -2.27. The molecule has 0 saturated heterocycles. The van der Waals surface area contributed by atoms with Gasteiger partial charge in [-0.25, -0.2) is 0 Å². The van der Waals surface area contributed by atoms with Crippen LogP contribution >= 0.6 is 46.6 Å². The molecule has 6 heteroatoms. The molecule has 1 heterocycles. The van der Waals surface area contributed by atoms with Crippen LogP contribution in [0.25, 0.3) is 0 Å². The van der Waals surface area contributed by atoms with Crippen LogP contribution in [-0.2, 0) is 0 Å². The van der Waals surface area contributed by atoms with Crippen molar-refractivity contribution in [3.05, 3.63) is 27.2 Å². The van der Waals surface area contributed by atoms with Crippen LogP contribution in [0.1, 0.15) is 13.8 Å². The third-order valence-electron chi connectivity index (χ3n) is 2.49. The number of hydrogen-bond donors (Lipinski definition) is 1. The molecule has 0 spiro atoms. The van der Waals surface area contributed by atoms with E-state index in [0.717, 1.165) is 17.5 Å². The van der Waals surface area contributed by atoms with Crippen molar-refractivity contribution in [2.24, 2.45) is 10.4 Å². The van der Waals surface area contributed by atoms with Gasteiger partial charge < -0.3 is 5.32 Å². The largest absolute Gasteiger partial charge is 0.333 e. The molecule has 1 aromatic rings. The van der Waals surface area contributed by atoms with Crippen LogP contribution in [0.2, 0.25) is 15.1 Å². The van der Waals surface area contributed by atoms with Crippen LogP contribution in [-0.4, -0.2) is 17.5 Å².